The predicted molar refractivity (Wildman–Crippen MR) is 121 cm³/mol. The fourth-order valence-corrected chi connectivity index (χ4v) is 3.64. The Hall–Kier alpha value is -2.73. The van der Waals surface area contributed by atoms with Crippen LogP contribution in [0.3, 0.4) is 0 Å². The number of nitrogens with zero attached hydrogens (tertiary/aromatic N) is 1. The Balaban J connectivity index is 1.44. The monoisotopic (exact) mass is 427 g/mol. The van der Waals surface area contributed by atoms with Crippen LogP contribution in [0.1, 0.15) is 38.2 Å². The van der Waals surface area contributed by atoms with Gasteiger partial charge in [-0.3, -0.25) is 0 Å². The molecule has 0 saturated carbocycles. The summed E-state index contributed by atoms with van der Waals surface area (Å²) in [6.07, 6.45) is 3.82. The van der Waals surface area contributed by atoms with Crippen molar-refractivity contribution in [1.29, 1.82) is 0 Å². The minimum absolute atomic E-state index is 0.355. The molecule has 2 aromatic rings. The van der Waals surface area contributed by atoms with Crippen LogP contribution in [0.2, 0.25) is 0 Å². The average molecular weight is 428 g/mol. The van der Waals surface area contributed by atoms with Crippen molar-refractivity contribution in [1.82, 2.24) is 0 Å². The molecule has 31 heavy (non-hydrogen) atoms. The molecule has 1 aliphatic heterocycles. The van der Waals surface area contributed by atoms with Gasteiger partial charge in [0.15, 0.2) is 6.10 Å². The van der Waals surface area contributed by atoms with Crippen LogP contribution in [0.4, 0.5) is 5.69 Å². The molecular formula is C25H33NO5. The molecule has 1 N–H and O–H groups in total. The van der Waals surface area contributed by atoms with Crippen molar-refractivity contribution in [3.8, 4) is 11.5 Å². The summed E-state index contributed by atoms with van der Waals surface area (Å²) in [6, 6.07) is 15.7. The van der Waals surface area contributed by atoms with Crippen molar-refractivity contribution in [2.45, 2.75) is 45.1 Å². The maximum absolute atomic E-state index is 11.5. The lowest BCUT2D eigenvalue weighted by atomic mass is 10.1. The van der Waals surface area contributed by atoms with Crippen molar-refractivity contribution >= 4 is 11.7 Å². The molecule has 0 fully saturated rings. The Kier molecular flexibility index (Phi) is 9.03. The number of ether oxygens (including phenoxy) is 3. The Labute approximate surface area is 184 Å². The van der Waals surface area contributed by atoms with E-state index in [1.165, 1.54) is 0 Å². The van der Waals surface area contributed by atoms with Crippen LogP contribution in [-0.2, 0) is 16.0 Å². The highest BCUT2D eigenvalue weighted by atomic mass is 16.5. The molecule has 0 amide bonds. The standard InChI is InChI=1S/C25H33NO5/c1-2-3-4-7-16-30-24(25(27)28)19-20-10-12-21(13-11-20)29-17-14-26-15-18-31-23-9-6-5-8-22(23)26/h5-6,8-13,24H,2-4,7,14-19H2,1H3,(H,27,28). The topological polar surface area (TPSA) is 68.2 Å². The number of carboxylic acids is 1. The van der Waals surface area contributed by atoms with Gasteiger partial charge in [-0.2, -0.15) is 0 Å². The van der Waals surface area contributed by atoms with Gasteiger partial charge in [0.1, 0.15) is 24.7 Å². The van der Waals surface area contributed by atoms with Gasteiger partial charge >= 0.3 is 5.97 Å². The Morgan fingerprint density at radius 3 is 2.68 bits per heavy atom. The number of aliphatic carboxylic acids is 1. The molecule has 2 aromatic carbocycles. The van der Waals surface area contributed by atoms with Crippen LogP contribution in [0.5, 0.6) is 11.5 Å². The molecule has 6 heteroatoms. The summed E-state index contributed by atoms with van der Waals surface area (Å²) in [7, 11) is 0. The van der Waals surface area contributed by atoms with Crippen LogP contribution >= 0.6 is 0 Å². The van der Waals surface area contributed by atoms with E-state index < -0.39 is 12.1 Å². The van der Waals surface area contributed by atoms with Gasteiger partial charge in [-0.25, -0.2) is 4.79 Å². The minimum Gasteiger partial charge on any atom is -0.492 e. The fourth-order valence-electron chi connectivity index (χ4n) is 3.64. The molecule has 1 unspecified atom stereocenters. The second-order valence-corrected chi connectivity index (χ2v) is 7.76. The molecular weight excluding hydrogens is 394 g/mol. The van der Waals surface area contributed by atoms with E-state index in [1.54, 1.807) is 0 Å². The molecule has 1 atom stereocenters. The lowest BCUT2D eigenvalue weighted by Gasteiger charge is -2.31. The third-order valence-corrected chi connectivity index (χ3v) is 5.39. The summed E-state index contributed by atoms with van der Waals surface area (Å²) in [5, 5.41) is 9.44. The number of hydrogen-bond acceptors (Lipinski definition) is 5. The number of unbranched alkanes of at least 4 members (excludes halogenated alkanes) is 3. The number of benzene rings is 2. The molecule has 1 aliphatic rings. The zero-order valence-corrected chi connectivity index (χ0v) is 18.3. The second kappa shape index (κ2) is 12.2. The first kappa shape index (κ1) is 22.9. The quantitative estimate of drug-likeness (QED) is 0.473. The highest BCUT2D eigenvalue weighted by Gasteiger charge is 2.19. The Bertz CT molecular complexity index is 808. The van der Waals surface area contributed by atoms with Gasteiger partial charge in [-0.05, 0) is 36.2 Å². The Morgan fingerprint density at radius 1 is 1.10 bits per heavy atom. The summed E-state index contributed by atoms with van der Waals surface area (Å²) < 4.78 is 17.2. The van der Waals surface area contributed by atoms with Crippen LogP contribution in [-0.4, -0.2) is 50.1 Å². The predicted octanol–water partition coefficient (Wildman–Crippen LogP) is 4.56. The van der Waals surface area contributed by atoms with Crippen LogP contribution < -0.4 is 14.4 Å². The highest BCUT2D eigenvalue weighted by Crippen LogP contribution is 2.30. The van der Waals surface area contributed by atoms with E-state index in [4.69, 9.17) is 14.2 Å². The average Bonchev–Trinajstić information content (AvgIpc) is 2.79. The highest BCUT2D eigenvalue weighted by molar-refractivity contribution is 5.72. The molecule has 0 spiro atoms. The van der Waals surface area contributed by atoms with E-state index in [-0.39, 0.29) is 0 Å². The summed E-state index contributed by atoms with van der Waals surface area (Å²) in [4.78, 5) is 13.8. The van der Waals surface area contributed by atoms with Crippen molar-refractivity contribution in [2.75, 3.05) is 37.8 Å². The largest absolute Gasteiger partial charge is 0.492 e. The van der Waals surface area contributed by atoms with E-state index in [0.29, 0.717) is 26.2 Å². The summed E-state index contributed by atoms with van der Waals surface area (Å²) in [6.45, 7) is 5.49. The van der Waals surface area contributed by atoms with E-state index in [1.807, 2.05) is 42.5 Å². The number of anilines is 1. The first-order chi connectivity index (χ1) is 15.2. The maximum Gasteiger partial charge on any atom is 0.333 e. The molecule has 0 radical (unpaired) electrons. The van der Waals surface area contributed by atoms with Crippen molar-refractivity contribution in [3.05, 3.63) is 54.1 Å². The first-order valence-electron chi connectivity index (χ1n) is 11.2. The van der Waals surface area contributed by atoms with E-state index >= 15 is 0 Å². The van der Waals surface area contributed by atoms with Gasteiger partial charge in [-0.1, -0.05) is 50.5 Å². The number of rotatable bonds is 13. The Morgan fingerprint density at radius 2 is 1.90 bits per heavy atom. The van der Waals surface area contributed by atoms with Gasteiger partial charge in [0, 0.05) is 13.0 Å². The first-order valence-corrected chi connectivity index (χ1v) is 11.2. The third-order valence-electron chi connectivity index (χ3n) is 5.39. The lowest BCUT2D eigenvalue weighted by Crippen LogP contribution is -2.35. The molecule has 3 rings (SSSR count). The second-order valence-electron chi connectivity index (χ2n) is 7.76. The fraction of sp³-hybridized carbons (Fsp3) is 0.480. The number of para-hydroxylation sites is 2. The van der Waals surface area contributed by atoms with E-state index in [2.05, 4.69) is 17.9 Å². The summed E-state index contributed by atoms with van der Waals surface area (Å²) in [5.74, 6) is 0.776. The molecule has 0 aromatic heterocycles. The molecule has 0 saturated heterocycles. The lowest BCUT2D eigenvalue weighted by molar-refractivity contribution is -0.150. The number of hydrogen-bond donors (Lipinski definition) is 1. The smallest absolute Gasteiger partial charge is 0.333 e. The minimum atomic E-state index is -0.915. The molecule has 1 heterocycles. The molecule has 6 nitrogen and oxygen atoms in total. The van der Waals surface area contributed by atoms with Gasteiger partial charge in [-0.15, -0.1) is 0 Å². The van der Waals surface area contributed by atoms with Crippen LogP contribution in [0.25, 0.3) is 0 Å². The van der Waals surface area contributed by atoms with Gasteiger partial charge in [0.25, 0.3) is 0 Å². The molecule has 168 valence electrons. The van der Waals surface area contributed by atoms with Crippen molar-refractivity contribution in [2.24, 2.45) is 0 Å². The maximum atomic E-state index is 11.5. The van der Waals surface area contributed by atoms with Gasteiger partial charge in [0.05, 0.1) is 18.8 Å². The molecule has 0 bridgehead atoms. The SMILES string of the molecule is CCCCCCOC(Cc1ccc(OCCN2CCOc3ccccc32)cc1)C(=O)O. The molecule has 0 aliphatic carbocycles. The van der Waals surface area contributed by atoms with Gasteiger partial charge in [0.2, 0.25) is 0 Å². The zero-order chi connectivity index (χ0) is 21.9. The zero-order valence-electron chi connectivity index (χ0n) is 18.3. The van der Waals surface area contributed by atoms with Crippen molar-refractivity contribution in [3.63, 3.8) is 0 Å². The summed E-state index contributed by atoms with van der Waals surface area (Å²) >= 11 is 0. The van der Waals surface area contributed by atoms with Gasteiger partial charge < -0.3 is 24.2 Å². The normalized spacial score (nSPS) is 13.9. The van der Waals surface area contributed by atoms with Crippen LogP contribution in [0, 0.1) is 0 Å². The van der Waals surface area contributed by atoms with E-state index in [9.17, 15) is 9.90 Å². The van der Waals surface area contributed by atoms with Crippen LogP contribution in [0.15, 0.2) is 48.5 Å². The third kappa shape index (κ3) is 7.17. The van der Waals surface area contributed by atoms with E-state index in [0.717, 1.165) is 61.5 Å². The summed E-state index contributed by atoms with van der Waals surface area (Å²) in [5.41, 5.74) is 2.03. The van der Waals surface area contributed by atoms with Crippen molar-refractivity contribution < 1.29 is 24.1 Å². The number of carbonyl (C=O) groups is 1. The number of carboxylic acid groups (broad SMARTS) is 1. The number of fused-ring (bicyclic) bond motifs is 1.